The molecular weight excluding hydrogens is 214 g/mol. The van der Waals surface area contributed by atoms with Gasteiger partial charge in [-0.15, -0.1) is 0 Å². The maximum atomic E-state index is 11.8. The van der Waals surface area contributed by atoms with Crippen LogP contribution in [0.1, 0.15) is 12.8 Å². The summed E-state index contributed by atoms with van der Waals surface area (Å²) in [6.45, 7) is 0.465. The molecule has 0 aromatic rings. The number of sulfonamides is 1. The zero-order valence-electron chi connectivity index (χ0n) is 7.67. The third-order valence-electron chi connectivity index (χ3n) is 2.16. The predicted octanol–water partition coefficient (Wildman–Crippen LogP) is -0.0771. The smallest absolute Gasteiger partial charge is 0.251 e. The number of piperidine rings is 1. The Bertz CT molecular complexity index is 263. The van der Waals surface area contributed by atoms with Gasteiger partial charge in [-0.3, -0.25) is 0 Å². The van der Waals surface area contributed by atoms with Crippen molar-refractivity contribution < 1.29 is 17.2 Å². The normalized spacial score (nSPS) is 20.2. The van der Waals surface area contributed by atoms with Gasteiger partial charge >= 0.3 is 0 Å². The van der Waals surface area contributed by atoms with Crippen molar-refractivity contribution in [1.82, 2.24) is 10.0 Å². The molecule has 2 N–H and O–H groups in total. The van der Waals surface area contributed by atoms with E-state index in [0.29, 0.717) is 25.9 Å². The van der Waals surface area contributed by atoms with E-state index in [9.17, 15) is 17.2 Å². The molecule has 0 spiro atoms. The van der Waals surface area contributed by atoms with Gasteiger partial charge in [0, 0.05) is 0 Å². The van der Waals surface area contributed by atoms with Crippen molar-refractivity contribution in [3.8, 4) is 0 Å². The van der Waals surface area contributed by atoms with E-state index in [2.05, 4.69) is 5.32 Å². The molecule has 0 unspecified atom stereocenters. The van der Waals surface area contributed by atoms with E-state index in [0.717, 1.165) is 0 Å². The van der Waals surface area contributed by atoms with E-state index in [1.807, 2.05) is 4.72 Å². The van der Waals surface area contributed by atoms with E-state index in [1.54, 1.807) is 0 Å². The Morgan fingerprint density at radius 3 is 2.43 bits per heavy atom. The fraction of sp³-hybridized carbons (Fsp3) is 1.00. The standard InChI is InChI=1S/C7H14F2N2O2S/c8-7(9)5-11-14(12,13)6-1-3-10-4-2-6/h6-7,10-11H,1-5H2. The summed E-state index contributed by atoms with van der Waals surface area (Å²) >= 11 is 0. The highest BCUT2D eigenvalue weighted by Crippen LogP contribution is 2.11. The van der Waals surface area contributed by atoms with E-state index in [-0.39, 0.29) is 0 Å². The maximum absolute atomic E-state index is 11.8. The molecule has 1 aliphatic rings. The molecule has 4 nitrogen and oxygen atoms in total. The van der Waals surface area contributed by atoms with Crippen LogP contribution in [0.4, 0.5) is 8.78 Å². The molecule has 1 heterocycles. The van der Waals surface area contributed by atoms with Crippen LogP contribution in [0.5, 0.6) is 0 Å². The van der Waals surface area contributed by atoms with E-state index in [4.69, 9.17) is 0 Å². The number of hydrogen-bond donors (Lipinski definition) is 2. The lowest BCUT2D eigenvalue weighted by Gasteiger charge is -2.22. The van der Waals surface area contributed by atoms with Gasteiger partial charge in [-0.2, -0.15) is 0 Å². The zero-order valence-corrected chi connectivity index (χ0v) is 8.49. The molecule has 0 radical (unpaired) electrons. The molecule has 1 rings (SSSR count). The summed E-state index contributed by atoms with van der Waals surface area (Å²) in [7, 11) is -3.55. The van der Waals surface area contributed by atoms with Gasteiger partial charge in [-0.25, -0.2) is 21.9 Å². The summed E-state index contributed by atoms with van der Waals surface area (Å²) in [6, 6.07) is 0. The van der Waals surface area contributed by atoms with Crippen molar-refractivity contribution in [3.63, 3.8) is 0 Å². The zero-order chi connectivity index (χ0) is 10.6. The van der Waals surface area contributed by atoms with Gasteiger partial charge in [0.2, 0.25) is 10.0 Å². The minimum Gasteiger partial charge on any atom is -0.317 e. The molecule has 0 bridgehead atoms. The second kappa shape index (κ2) is 4.99. The van der Waals surface area contributed by atoms with Gasteiger partial charge < -0.3 is 5.32 Å². The molecule has 1 saturated heterocycles. The lowest BCUT2D eigenvalue weighted by molar-refractivity contribution is 0.153. The first kappa shape index (κ1) is 11.8. The predicted molar refractivity (Wildman–Crippen MR) is 48.8 cm³/mol. The molecule has 0 aliphatic carbocycles. The van der Waals surface area contributed by atoms with Crippen LogP contribution in [0.3, 0.4) is 0 Å². The molecule has 14 heavy (non-hydrogen) atoms. The molecule has 84 valence electrons. The molecule has 0 atom stereocenters. The first-order chi connectivity index (χ1) is 6.52. The van der Waals surface area contributed by atoms with Gasteiger partial charge in [0.1, 0.15) is 0 Å². The third-order valence-corrected chi connectivity index (χ3v) is 4.08. The van der Waals surface area contributed by atoms with E-state index < -0.39 is 28.2 Å². The number of rotatable bonds is 4. The highest BCUT2D eigenvalue weighted by molar-refractivity contribution is 7.90. The second-order valence-electron chi connectivity index (χ2n) is 3.23. The Morgan fingerprint density at radius 1 is 1.36 bits per heavy atom. The summed E-state index contributed by atoms with van der Waals surface area (Å²) in [5, 5.41) is 2.49. The fourth-order valence-corrected chi connectivity index (χ4v) is 2.85. The molecule has 0 aromatic heterocycles. The van der Waals surface area contributed by atoms with Crippen LogP contribution in [0.15, 0.2) is 0 Å². The number of nitrogens with one attached hydrogen (secondary N) is 2. The summed E-state index contributed by atoms with van der Waals surface area (Å²) in [5.74, 6) is 0. The molecule has 7 heteroatoms. The first-order valence-corrected chi connectivity index (χ1v) is 6.04. The van der Waals surface area contributed by atoms with Crippen LogP contribution in [-0.2, 0) is 10.0 Å². The molecule has 1 fully saturated rings. The molecule has 0 aromatic carbocycles. The van der Waals surface area contributed by atoms with Crippen LogP contribution in [-0.4, -0.2) is 39.7 Å². The van der Waals surface area contributed by atoms with Crippen LogP contribution in [0.25, 0.3) is 0 Å². The topological polar surface area (TPSA) is 58.2 Å². The van der Waals surface area contributed by atoms with Crippen molar-refractivity contribution >= 4 is 10.0 Å². The highest BCUT2D eigenvalue weighted by atomic mass is 32.2. The Labute approximate surface area is 82.1 Å². The Morgan fingerprint density at radius 2 is 1.93 bits per heavy atom. The summed E-state index contributed by atoms with van der Waals surface area (Å²) in [4.78, 5) is 0. The SMILES string of the molecule is O=S(=O)(NCC(F)F)C1CCNCC1. The minimum absolute atomic E-state index is 0.485. The van der Waals surface area contributed by atoms with Gasteiger partial charge in [-0.05, 0) is 25.9 Å². The van der Waals surface area contributed by atoms with Crippen molar-refractivity contribution in [2.45, 2.75) is 24.5 Å². The first-order valence-electron chi connectivity index (χ1n) is 4.50. The number of alkyl halides is 2. The van der Waals surface area contributed by atoms with Gasteiger partial charge in [0.15, 0.2) is 0 Å². The second-order valence-corrected chi connectivity index (χ2v) is 5.28. The van der Waals surface area contributed by atoms with Crippen molar-refractivity contribution in [2.75, 3.05) is 19.6 Å². The highest BCUT2D eigenvalue weighted by Gasteiger charge is 2.27. The van der Waals surface area contributed by atoms with Gasteiger partial charge in [-0.1, -0.05) is 0 Å². The average molecular weight is 228 g/mol. The number of hydrogen-bond acceptors (Lipinski definition) is 3. The van der Waals surface area contributed by atoms with Gasteiger partial charge in [0.05, 0.1) is 11.8 Å². The monoisotopic (exact) mass is 228 g/mol. The molecule has 1 aliphatic heterocycles. The van der Waals surface area contributed by atoms with Crippen LogP contribution in [0.2, 0.25) is 0 Å². The molecular formula is C7H14F2N2O2S. The van der Waals surface area contributed by atoms with Crippen LogP contribution in [0, 0.1) is 0 Å². The van der Waals surface area contributed by atoms with E-state index in [1.165, 1.54) is 0 Å². The lowest BCUT2D eigenvalue weighted by Crippen LogP contribution is -2.42. The van der Waals surface area contributed by atoms with Crippen LogP contribution >= 0.6 is 0 Å². The Balaban J connectivity index is 2.46. The average Bonchev–Trinajstić information content (AvgIpc) is 2.16. The van der Waals surface area contributed by atoms with Crippen molar-refractivity contribution in [2.24, 2.45) is 0 Å². The number of halogens is 2. The third kappa shape index (κ3) is 3.47. The summed E-state index contributed by atoms with van der Waals surface area (Å²) in [5.41, 5.74) is 0. The Kier molecular flexibility index (Phi) is 4.21. The van der Waals surface area contributed by atoms with Crippen molar-refractivity contribution in [1.29, 1.82) is 0 Å². The quantitative estimate of drug-likeness (QED) is 0.707. The largest absolute Gasteiger partial charge is 0.317 e. The molecule has 0 saturated carbocycles. The maximum Gasteiger partial charge on any atom is 0.251 e. The van der Waals surface area contributed by atoms with Crippen LogP contribution < -0.4 is 10.0 Å². The fourth-order valence-electron chi connectivity index (χ4n) is 1.40. The van der Waals surface area contributed by atoms with Crippen molar-refractivity contribution in [3.05, 3.63) is 0 Å². The Hall–Kier alpha value is -0.270. The van der Waals surface area contributed by atoms with E-state index >= 15 is 0 Å². The summed E-state index contributed by atoms with van der Waals surface area (Å²) < 4.78 is 48.3. The molecule has 0 amide bonds. The van der Waals surface area contributed by atoms with Gasteiger partial charge in [0.25, 0.3) is 6.43 Å². The lowest BCUT2D eigenvalue weighted by atomic mass is 10.2. The summed E-state index contributed by atoms with van der Waals surface area (Å²) in [6.07, 6.45) is -1.66. The minimum atomic E-state index is -3.55.